The molecule has 0 aromatic carbocycles. The van der Waals surface area contributed by atoms with E-state index in [0.717, 1.165) is 28.9 Å². The Morgan fingerprint density at radius 3 is 2.84 bits per heavy atom. The van der Waals surface area contributed by atoms with Gasteiger partial charge in [-0.3, -0.25) is 0 Å². The highest BCUT2D eigenvalue weighted by Crippen LogP contribution is 2.30. The van der Waals surface area contributed by atoms with Gasteiger partial charge in [-0.15, -0.1) is 0 Å². The zero-order chi connectivity index (χ0) is 13.7. The van der Waals surface area contributed by atoms with Crippen LogP contribution in [0.4, 0.5) is 11.6 Å². The SMILES string of the molecule is CCc1c(NN)ncnc1NC1CCCC(SC)C1. The molecule has 19 heavy (non-hydrogen) atoms. The van der Waals surface area contributed by atoms with E-state index in [1.807, 2.05) is 11.8 Å². The lowest BCUT2D eigenvalue weighted by atomic mass is 9.95. The van der Waals surface area contributed by atoms with E-state index < -0.39 is 0 Å². The highest BCUT2D eigenvalue weighted by atomic mass is 32.2. The summed E-state index contributed by atoms with van der Waals surface area (Å²) in [5, 5.41) is 4.35. The van der Waals surface area contributed by atoms with Crippen LogP contribution in [-0.4, -0.2) is 27.5 Å². The highest BCUT2D eigenvalue weighted by Gasteiger charge is 2.22. The van der Waals surface area contributed by atoms with Crippen molar-refractivity contribution in [1.82, 2.24) is 9.97 Å². The second-order valence-electron chi connectivity index (χ2n) is 4.91. The number of nitrogens with one attached hydrogen (secondary N) is 2. The maximum atomic E-state index is 5.50. The topological polar surface area (TPSA) is 75.9 Å². The van der Waals surface area contributed by atoms with E-state index >= 15 is 0 Å². The summed E-state index contributed by atoms with van der Waals surface area (Å²) in [6, 6.07) is 0.511. The minimum Gasteiger partial charge on any atom is -0.367 e. The van der Waals surface area contributed by atoms with Crippen molar-refractivity contribution in [2.24, 2.45) is 5.84 Å². The van der Waals surface area contributed by atoms with Crippen molar-refractivity contribution in [3.05, 3.63) is 11.9 Å². The van der Waals surface area contributed by atoms with Crippen LogP contribution in [0.3, 0.4) is 0 Å². The molecule has 0 aliphatic heterocycles. The highest BCUT2D eigenvalue weighted by molar-refractivity contribution is 7.99. The van der Waals surface area contributed by atoms with E-state index in [4.69, 9.17) is 5.84 Å². The molecule has 1 aromatic rings. The van der Waals surface area contributed by atoms with Crippen molar-refractivity contribution in [2.75, 3.05) is 17.0 Å². The van der Waals surface area contributed by atoms with Crippen LogP contribution in [0.25, 0.3) is 0 Å². The lowest BCUT2D eigenvalue weighted by Crippen LogP contribution is -2.29. The Kier molecular flexibility index (Phi) is 5.27. The molecule has 1 aliphatic carbocycles. The fourth-order valence-electron chi connectivity index (χ4n) is 2.68. The first kappa shape index (κ1) is 14.4. The maximum absolute atomic E-state index is 5.50. The molecule has 0 bridgehead atoms. The van der Waals surface area contributed by atoms with Crippen LogP contribution >= 0.6 is 11.8 Å². The van der Waals surface area contributed by atoms with E-state index in [2.05, 4.69) is 33.9 Å². The van der Waals surface area contributed by atoms with Crippen molar-refractivity contribution in [1.29, 1.82) is 0 Å². The Bertz CT molecular complexity index is 412. The number of hydrogen-bond donors (Lipinski definition) is 3. The Morgan fingerprint density at radius 2 is 2.16 bits per heavy atom. The van der Waals surface area contributed by atoms with Crippen molar-refractivity contribution in [2.45, 2.75) is 50.3 Å². The number of anilines is 2. The molecule has 1 heterocycles. The Morgan fingerprint density at radius 1 is 1.37 bits per heavy atom. The number of nitrogen functional groups attached to an aromatic ring is 1. The number of rotatable bonds is 5. The lowest BCUT2D eigenvalue weighted by molar-refractivity contribution is 0.472. The second-order valence-corrected chi connectivity index (χ2v) is 6.05. The van der Waals surface area contributed by atoms with Gasteiger partial charge in [0.25, 0.3) is 0 Å². The van der Waals surface area contributed by atoms with Crippen molar-refractivity contribution >= 4 is 23.4 Å². The van der Waals surface area contributed by atoms with E-state index in [1.54, 1.807) is 6.33 Å². The van der Waals surface area contributed by atoms with Gasteiger partial charge in [-0.25, -0.2) is 15.8 Å². The van der Waals surface area contributed by atoms with E-state index in [9.17, 15) is 0 Å². The molecule has 0 amide bonds. The predicted octanol–water partition coefficient (Wildman–Crippen LogP) is 2.41. The Balaban J connectivity index is 2.10. The third-order valence-electron chi connectivity index (χ3n) is 3.74. The third-order valence-corrected chi connectivity index (χ3v) is 4.83. The first-order chi connectivity index (χ1) is 9.28. The standard InChI is InChI=1S/C13H23N5S/c1-3-11-12(15-8-16-13(11)18-14)17-9-5-4-6-10(7-9)19-2/h8-10H,3-7,14H2,1-2H3,(H2,15,16,17,18). The van der Waals surface area contributed by atoms with Gasteiger partial charge in [0, 0.05) is 16.9 Å². The molecule has 1 aromatic heterocycles. The van der Waals surface area contributed by atoms with E-state index in [0.29, 0.717) is 6.04 Å². The monoisotopic (exact) mass is 281 g/mol. The van der Waals surface area contributed by atoms with Crippen molar-refractivity contribution in [3.63, 3.8) is 0 Å². The largest absolute Gasteiger partial charge is 0.367 e. The second kappa shape index (κ2) is 6.96. The van der Waals surface area contributed by atoms with Gasteiger partial charge in [-0.2, -0.15) is 11.8 Å². The summed E-state index contributed by atoms with van der Waals surface area (Å²) >= 11 is 1.97. The molecule has 2 unspecified atom stereocenters. The molecule has 4 N–H and O–H groups in total. The first-order valence-electron chi connectivity index (χ1n) is 6.88. The smallest absolute Gasteiger partial charge is 0.148 e. The number of hydrazine groups is 1. The molecule has 2 atom stereocenters. The summed E-state index contributed by atoms with van der Waals surface area (Å²) in [5.74, 6) is 7.15. The lowest BCUT2D eigenvalue weighted by Gasteiger charge is -2.29. The summed E-state index contributed by atoms with van der Waals surface area (Å²) in [7, 11) is 0. The normalized spacial score (nSPS) is 23.1. The maximum Gasteiger partial charge on any atom is 0.148 e. The summed E-state index contributed by atoms with van der Waals surface area (Å²) in [6.45, 7) is 2.09. The molecule has 106 valence electrons. The molecular formula is C13H23N5S. The molecule has 1 fully saturated rings. The van der Waals surface area contributed by atoms with Gasteiger partial charge in [0.15, 0.2) is 0 Å². The van der Waals surface area contributed by atoms with Crippen LogP contribution in [0.5, 0.6) is 0 Å². The number of nitrogens with two attached hydrogens (primary N) is 1. The Hall–Kier alpha value is -1.01. The molecule has 0 radical (unpaired) electrons. The number of hydrogen-bond acceptors (Lipinski definition) is 6. The summed E-state index contributed by atoms with van der Waals surface area (Å²) in [5.41, 5.74) is 3.71. The third kappa shape index (κ3) is 3.51. The minimum absolute atomic E-state index is 0.511. The van der Waals surface area contributed by atoms with Crippen molar-refractivity contribution in [3.8, 4) is 0 Å². The van der Waals surface area contributed by atoms with Gasteiger partial charge in [-0.05, 0) is 31.9 Å². The molecule has 1 aliphatic rings. The van der Waals surface area contributed by atoms with Gasteiger partial charge in [0.1, 0.15) is 18.0 Å². The molecule has 1 saturated carbocycles. The zero-order valence-corrected chi connectivity index (χ0v) is 12.5. The molecule has 2 rings (SSSR count). The predicted molar refractivity (Wildman–Crippen MR) is 82.4 cm³/mol. The first-order valence-corrected chi connectivity index (χ1v) is 8.17. The average molecular weight is 281 g/mol. The van der Waals surface area contributed by atoms with E-state index in [1.165, 1.54) is 25.7 Å². The quantitative estimate of drug-likeness (QED) is 0.568. The molecule has 0 saturated heterocycles. The number of nitrogens with zero attached hydrogens (tertiary/aromatic N) is 2. The summed E-state index contributed by atoms with van der Waals surface area (Å²) in [4.78, 5) is 8.54. The fourth-order valence-corrected chi connectivity index (χ4v) is 3.51. The van der Waals surface area contributed by atoms with Gasteiger partial charge >= 0.3 is 0 Å². The Labute approximate surface area is 119 Å². The minimum atomic E-state index is 0.511. The van der Waals surface area contributed by atoms with Crippen LogP contribution in [0.2, 0.25) is 0 Å². The molecule has 5 nitrogen and oxygen atoms in total. The zero-order valence-electron chi connectivity index (χ0n) is 11.6. The molecule has 0 spiro atoms. The van der Waals surface area contributed by atoms with Gasteiger partial charge in [-0.1, -0.05) is 13.3 Å². The van der Waals surface area contributed by atoms with Crippen LogP contribution in [-0.2, 0) is 6.42 Å². The average Bonchev–Trinajstić information content (AvgIpc) is 2.47. The van der Waals surface area contributed by atoms with Gasteiger partial charge < -0.3 is 10.7 Å². The van der Waals surface area contributed by atoms with Crippen LogP contribution in [0.1, 0.15) is 38.2 Å². The summed E-state index contributed by atoms with van der Waals surface area (Å²) < 4.78 is 0. The van der Waals surface area contributed by atoms with Crippen molar-refractivity contribution < 1.29 is 0 Å². The van der Waals surface area contributed by atoms with Crippen LogP contribution in [0.15, 0.2) is 6.33 Å². The molecule has 6 heteroatoms. The van der Waals surface area contributed by atoms with Gasteiger partial charge in [0.05, 0.1) is 0 Å². The van der Waals surface area contributed by atoms with Crippen LogP contribution in [0, 0.1) is 0 Å². The summed E-state index contributed by atoms with van der Waals surface area (Å²) in [6.07, 6.45) is 9.67. The van der Waals surface area contributed by atoms with E-state index in [-0.39, 0.29) is 0 Å². The van der Waals surface area contributed by atoms with Gasteiger partial charge in [0.2, 0.25) is 0 Å². The molecular weight excluding hydrogens is 258 g/mol. The number of aromatic nitrogens is 2. The van der Waals surface area contributed by atoms with Crippen LogP contribution < -0.4 is 16.6 Å². The number of thioether (sulfide) groups is 1. The fraction of sp³-hybridized carbons (Fsp3) is 0.692.